The molecule has 0 aliphatic heterocycles. The summed E-state index contributed by atoms with van der Waals surface area (Å²) in [4.78, 5) is 11.8. The molecule has 3 nitrogen and oxygen atoms in total. The molecule has 0 heterocycles. The Bertz CT molecular complexity index is 379. The summed E-state index contributed by atoms with van der Waals surface area (Å²) in [7, 11) is 1.60. The van der Waals surface area contributed by atoms with E-state index in [9.17, 15) is 4.79 Å². The van der Waals surface area contributed by atoms with E-state index in [0.29, 0.717) is 30.4 Å². The van der Waals surface area contributed by atoms with E-state index in [2.05, 4.69) is 5.32 Å². The summed E-state index contributed by atoms with van der Waals surface area (Å²) in [5.41, 5.74) is 0.891. The number of halogens is 2. The van der Waals surface area contributed by atoms with Gasteiger partial charge < -0.3 is 10.1 Å². The quantitative estimate of drug-likeness (QED) is 0.784. The number of ether oxygens (including phenoxy) is 1. The number of hydrogen-bond acceptors (Lipinski definition) is 2. The van der Waals surface area contributed by atoms with Gasteiger partial charge in [0.05, 0.1) is 19.1 Å². The van der Waals surface area contributed by atoms with Crippen LogP contribution >= 0.6 is 23.2 Å². The number of carbonyl (C=O) groups excluding carboxylic acids is 1. The van der Waals surface area contributed by atoms with E-state index in [1.165, 1.54) is 0 Å². The second-order valence-electron chi connectivity index (χ2n) is 4.00. The predicted octanol–water partition coefficient (Wildman–Crippen LogP) is 2.64. The minimum atomic E-state index is -0.0515. The van der Waals surface area contributed by atoms with Gasteiger partial charge in [0.25, 0.3) is 0 Å². The number of hydrogen-bond donors (Lipinski definition) is 1. The van der Waals surface area contributed by atoms with Crippen LogP contribution in [0.1, 0.15) is 12.0 Å². The predicted molar refractivity (Wildman–Crippen MR) is 74.3 cm³/mol. The first-order chi connectivity index (χ1) is 8.65. The van der Waals surface area contributed by atoms with Gasteiger partial charge in [-0.25, -0.2) is 0 Å². The zero-order valence-electron chi connectivity index (χ0n) is 10.3. The van der Waals surface area contributed by atoms with Crippen molar-refractivity contribution in [3.63, 3.8) is 0 Å². The number of rotatable bonds is 7. The molecule has 0 saturated carbocycles. The van der Waals surface area contributed by atoms with E-state index >= 15 is 0 Å². The molecule has 0 bridgehead atoms. The summed E-state index contributed by atoms with van der Waals surface area (Å²) in [6.45, 7) is 0.466. The van der Waals surface area contributed by atoms with E-state index < -0.39 is 0 Å². The SMILES string of the molecule is COCC(CCCl)NC(=O)Cc1cccc(Cl)c1. The lowest BCUT2D eigenvalue weighted by Gasteiger charge is -2.16. The molecule has 1 unspecified atom stereocenters. The number of amides is 1. The third kappa shape index (κ3) is 5.71. The Morgan fingerprint density at radius 2 is 2.28 bits per heavy atom. The largest absolute Gasteiger partial charge is 0.383 e. The minimum Gasteiger partial charge on any atom is -0.383 e. The molecule has 0 saturated heterocycles. The average molecular weight is 290 g/mol. The lowest BCUT2D eigenvalue weighted by Crippen LogP contribution is -2.39. The number of nitrogens with one attached hydrogen (secondary N) is 1. The molecule has 18 heavy (non-hydrogen) atoms. The minimum absolute atomic E-state index is 0.0424. The molecule has 1 aromatic rings. The van der Waals surface area contributed by atoms with Gasteiger partial charge in [0.2, 0.25) is 5.91 Å². The first kappa shape index (κ1) is 15.3. The molecule has 1 atom stereocenters. The lowest BCUT2D eigenvalue weighted by atomic mass is 10.1. The van der Waals surface area contributed by atoms with Gasteiger partial charge in [-0.3, -0.25) is 4.79 Å². The first-order valence-corrected chi connectivity index (χ1v) is 6.65. The smallest absolute Gasteiger partial charge is 0.224 e. The Balaban J connectivity index is 2.49. The lowest BCUT2D eigenvalue weighted by molar-refractivity contribution is -0.121. The van der Waals surface area contributed by atoms with Gasteiger partial charge in [-0.1, -0.05) is 23.7 Å². The maximum Gasteiger partial charge on any atom is 0.224 e. The van der Waals surface area contributed by atoms with Crippen molar-refractivity contribution in [1.82, 2.24) is 5.32 Å². The first-order valence-electron chi connectivity index (χ1n) is 5.74. The van der Waals surface area contributed by atoms with Crippen molar-refractivity contribution in [2.75, 3.05) is 19.6 Å². The van der Waals surface area contributed by atoms with Crippen LogP contribution in [-0.4, -0.2) is 31.5 Å². The van der Waals surface area contributed by atoms with E-state index in [1.807, 2.05) is 12.1 Å². The van der Waals surface area contributed by atoms with Gasteiger partial charge >= 0.3 is 0 Å². The highest BCUT2D eigenvalue weighted by atomic mass is 35.5. The molecule has 0 radical (unpaired) electrons. The normalized spacial score (nSPS) is 12.2. The Morgan fingerprint density at radius 3 is 2.89 bits per heavy atom. The van der Waals surface area contributed by atoms with E-state index in [0.717, 1.165) is 5.56 Å². The fraction of sp³-hybridized carbons (Fsp3) is 0.462. The van der Waals surface area contributed by atoms with Crippen molar-refractivity contribution >= 4 is 29.1 Å². The summed E-state index contributed by atoms with van der Waals surface area (Å²) in [6, 6.07) is 7.23. The summed E-state index contributed by atoms with van der Waals surface area (Å²) >= 11 is 11.5. The van der Waals surface area contributed by atoms with Crippen LogP contribution in [0, 0.1) is 0 Å². The molecular weight excluding hydrogens is 273 g/mol. The third-order valence-electron chi connectivity index (χ3n) is 2.44. The molecule has 1 aromatic carbocycles. The van der Waals surface area contributed by atoms with Gasteiger partial charge in [-0.2, -0.15) is 0 Å². The number of benzene rings is 1. The monoisotopic (exact) mass is 289 g/mol. The molecule has 0 spiro atoms. The van der Waals surface area contributed by atoms with Crippen LogP contribution in [-0.2, 0) is 16.0 Å². The topological polar surface area (TPSA) is 38.3 Å². The zero-order chi connectivity index (χ0) is 13.4. The molecule has 100 valence electrons. The van der Waals surface area contributed by atoms with Crippen LogP contribution in [0.4, 0.5) is 0 Å². The second kappa shape index (κ2) is 8.35. The molecule has 0 aliphatic carbocycles. The van der Waals surface area contributed by atoms with Gasteiger partial charge in [0.15, 0.2) is 0 Å². The van der Waals surface area contributed by atoms with Crippen molar-refractivity contribution in [3.05, 3.63) is 34.9 Å². The number of carbonyl (C=O) groups is 1. The summed E-state index contributed by atoms with van der Waals surface area (Å²) in [6.07, 6.45) is 1.000. The Hall–Kier alpha value is -0.770. The number of alkyl halides is 1. The van der Waals surface area contributed by atoms with Crippen LogP contribution < -0.4 is 5.32 Å². The van der Waals surface area contributed by atoms with Crippen molar-refractivity contribution in [2.45, 2.75) is 18.9 Å². The van der Waals surface area contributed by atoms with Crippen LogP contribution in [0.25, 0.3) is 0 Å². The zero-order valence-corrected chi connectivity index (χ0v) is 11.8. The van der Waals surface area contributed by atoms with Crippen LogP contribution in [0.3, 0.4) is 0 Å². The standard InChI is InChI=1S/C13H17Cl2NO2/c1-18-9-12(5-6-14)16-13(17)8-10-3-2-4-11(15)7-10/h2-4,7,12H,5-6,8-9H2,1H3,(H,16,17). The van der Waals surface area contributed by atoms with Gasteiger partial charge in [-0.05, 0) is 24.1 Å². The number of methoxy groups -OCH3 is 1. The molecule has 0 fully saturated rings. The Kier molecular flexibility index (Phi) is 7.09. The molecule has 1 N–H and O–H groups in total. The average Bonchev–Trinajstić information content (AvgIpc) is 2.29. The molecule has 1 amide bonds. The third-order valence-corrected chi connectivity index (χ3v) is 2.90. The van der Waals surface area contributed by atoms with E-state index in [-0.39, 0.29) is 11.9 Å². The van der Waals surface area contributed by atoms with Crippen LogP contribution in [0.2, 0.25) is 5.02 Å². The van der Waals surface area contributed by atoms with Crippen LogP contribution in [0.5, 0.6) is 0 Å². The Labute approximate surface area is 117 Å². The summed E-state index contributed by atoms with van der Waals surface area (Å²) in [5, 5.41) is 3.53. The van der Waals surface area contributed by atoms with Gasteiger partial charge in [0.1, 0.15) is 0 Å². The second-order valence-corrected chi connectivity index (χ2v) is 4.82. The van der Waals surface area contributed by atoms with Gasteiger partial charge in [0, 0.05) is 18.0 Å². The molecule has 1 rings (SSSR count). The fourth-order valence-corrected chi connectivity index (χ4v) is 2.12. The highest BCUT2D eigenvalue weighted by Crippen LogP contribution is 2.11. The fourth-order valence-electron chi connectivity index (χ4n) is 1.64. The Morgan fingerprint density at radius 1 is 1.50 bits per heavy atom. The van der Waals surface area contributed by atoms with Crippen molar-refractivity contribution in [1.29, 1.82) is 0 Å². The van der Waals surface area contributed by atoms with Crippen molar-refractivity contribution < 1.29 is 9.53 Å². The van der Waals surface area contributed by atoms with E-state index in [4.69, 9.17) is 27.9 Å². The maximum absolute atomic E-state index is 11.8. The molecule has 0 aromatic heterocycles. The van der Waals surface area contributed by atoms with Gasteiger partial charge in [-0.15, -0.1) is 11.6 Å². The highest BCUT2D eigenvalue weighted by molar-refractivity contribution is 6.30. The maximum atomic E-state index is 11.8. The molecule has 5 heteroatoms. The van der Waals surface area contributed by atoms with E-state index in [1.54, 1.807) is 19.2 Å². The summed E-state index contributed by atoms with van der Waals surface area (Å²) < 4.78 is 5.03. The molecule has 0 aliphatic rings. The highest BCUT2D eigenvalue weighted by Gasteiger charge is 2.12. The van der Waals surface area contributed by atoms with Crippen LogP contribution in [0.15, 0.2) is 24.3 Å². The summed E-state index contributed by atoms with van der Waals surface area (Å²) in [5.74, 6) is 0.440. The van der Waals surface area contributed by atoms with Crippen molar-refractivity contribution in [2.24, 2.45) is 0 Å². The molecular formula is C13H17Cl2NO2. The van der Waals surface area contributed by atoms with Crippen molar-refractivity contribution in [3.8, 4) is 0 Å².